The minimum Gasteiger partial charge on any atom is -0.465 e. The first-order chi connectivity index (χ1) is 9.58. The van der Waals surface area contributed by atoms with Gasteiger partial charge in [-0.1, -0.05) is 11.6 Å². The van der Waals surface area contributed by atoms with Gasteiger partial charge in [0.05, 0.1) is 31.5 Å². The quantitative estimate of drug-likeness (QED) is 0.586. The number of nitrogens with one attached hydrogen (secondary N) is 2. The maximum Gasteiger partial charge on any atom is 0.339 e. The molecule has 0 atom stereocenters. The van der Waals surface area contributed by atoms with E-state index in [0.29, 0.717) is 23.9 Å². The van der Waals surface area contributed by atoms with Crippen molar-refractivity contribution >= 4 is 29.2 Å². The molecule has 1 aromatic rings. The summed E-state index contributed by atoms with van der Waals surface area (Å²) in [5.41, 5.74) is 0.574. The summed E-state index contributed by atoms with van der Waals surface area (Å²) in [6.07, 6.45) is 0. The highest BCUT2D eigenvalue weighted by molar-refractivity contribution is 6.31. The van der Waals surface area contributed by atoms with Crippen molar-refractivity contribution in [3.8, 4) is 0 Å². The van der Waals surface area contributed by atoms with Gasteiger partial charge in [0.1, 0.15) is 0 Å². The molecule has 7 heteroatoms. The highest BCUT2D eigenvalue weighted by Crippen LogP contribution is 2.21. The molecule has 0 aliphatic carbocycles. The van der Waals surface area contributed by atoms with Crippen LogP contribution in [0.5, 0.6) is 0 Å². The molecule has 0 saturated heterocycles. The first kappa shape index (κ1) is 16.4. The summed E-state index contributed by atoms with van der Waals surface area (Å²) in [5, 5.41) is 5.93. The highest BCUT2D eigenvalue weighted by Gasteiger charge is 2.14. The lowest BCUT2D eigenvalue weighted by molar-refractivity contribution is -0.115. The lowest BCUT2D eigenvalue weighted by Crippen LogP contribution is -2.30. The number of carbonyl (C=O) groups excluding carboxylic acids is 2. The van der Waals surface area contributed by atoms with Gasteiger partial charge in [0.15, 0.2) is 0 Å². The van der Waals surface area contributed by atoms with Crippen LogP contribution in [0, 0.1) is 0 Å². The van der Waals surface area contributed by atoms with E-state index in [9.17, 15) is 9.59 Å². The number of benzene rings is 1. The lowest BCUT2D eigenvalue weighted by Gasteiger charge is -2.10. The van der Waals surface area contributed by atoms with Gasteiger partial charge in [-0.25, -0.2) is 4.79 Å². The molecule has 6 nitrogen and oxygen atoms in total. The zero-order valence-corrected chi connectivity index (χ0v) is 12.1. The van der Waals surface area contributed by atoms with E-state index in [0.717, 1.165) is 0 Å². The molecule has 0 aliphatic rings. The van der Waals surface area contributed by atoms with Gasteiger partial charge in [0, 0.05) is 18.7 Å². The Kier molecular flexibility index (Phi) is 7.00. The van der Waals surface area contributed by atoms with Crippen molar-refractivity contribution in [2.75, 3.05) is 39.2 Å². The third-order valence-electron chi connectivity index (χ3n) is 2.43. The summed E-state index contributed by atoms with van der Waals surface area (Å²) in [7, 11) is 2.85. The van der Waals surface area contributed by atoms with Crippen LogP contribution in [0.3, 0.4) is 0 Å². The van der Waals surface area contributed by atoms with Crippen LogP contribution in [0.4, 0.5) is 5.69 Å². The number of halogens is 1. The summed E-state index contributed by atoms with van der Waals surface area (Å²) in [6, 6.07) is 4.56. The van der Waals surface area contributed by atoms with E-state index < -0.39 is 5.97 Å². The topological polar surface area (TPSA) is 76.7 Å². The van der Waals surface area contributed by atoms with E-state index in [2.05, 4.69) is 15.4 Å². The monoisotopic (exact) mass is 300 g/mol. The zero-order chi connectivity index (χ0) is 15.0. The molecule has 0 radical (unpaired) electrons. The van der Waals surface area contributed by atoms with Crippen LogP contribution in [0.2, 0.25) is 5.02 Å². The zero-order valence-electron chi connectivity index (χ0n) is 11.4. The minimum absolute atomic E-state index is 0.108. The van der Waals surface area contributed by atoms with Crippen LogP contribution < -0.4 is 10.6 Å². The fourth-order valence-corrected chi connectivity index (χ4v) is 1.65. The van der Waals surface area contributed by atoms with Crippen molar-refractivity contribution in [3.63, 3.8) is 0 Å². The predicted octanol–water partition coefficient (Wildman–Crippen LogP) is 1.30. The van der Waals surface area contributed by atoms with Gasteiger partial charge >= 0.3 is 5.97 Å². The number of hydrogen-bond acceptors (Lipinski definition) is 5. The molecule has 1 amide bonds. The lowest BCUT2D eigenvalue weighted by atomic mass is 10.2. The molecule has 1 rings (SSSR count). The molecular weight excluding hydrogens is 284 g/mol. The van der Waals surface area contributed by atoms with Crippen molar-refractivity contribution < 1.29 is 19.1 Å². The Morgan fingerprint density at radius 1 is 1.30 bits per heavy atom. The summed E-state index contributed by atoms with van der Waals surface area (Å²) in [4.78, 5) is 23.3. The van der Waals surface area contributed by atoms with E-state index >= 15 is 0 Å². The van der Waals surface area contributed by atoms with Crippen LogP contribution in [0.25, 0.3) is 0 Å². The van der Waals surface area contributed by atoms with Crippen LogP contribution in [-0.2, 0) is 14.3 Å². The standard InChI is InChI=1S/C13H17ClN2O4/c1-19-6-5-15-8-12(17)16-11-7-9(14)3-4-10(11)13(18)20-2/h3-4,7,15H,5-6,8H2,1-2H3,(H,16,17). The Morgan fingerprint density at radius 2 is 2.05 bits per heavy atom. The second kappa shape index (κ2) is 8.52. The fourth-order valence-electron chi connectivity index (χ4n) is 1.48. The number of anilines is 1. The van der Waals surface area contributed by atoms with Gasteiger partial charge in [-0.2, -0.15) is 0 Å². The number of carbonyl (C=O) groups is 2. The van der Waals surface area contributed by atoms with Gasteiger partial charge in [0.2, 0.25) is 5.91 Å². The SMILES string of the molecule is COCCNCC(=O)Nc1cc(Cl)ccc1C(=O)OC. The molecule has 0 bridgehead atoms. The number of hydrogen-bond donors (Lipinski definition) is 2. The van der Waals surface area contributed by atoms with Crippen molar-refractivity contribution in [1.29, 1.82) is 0 Å². The van der Waals surface area contributed by atoms with E-state index in [1.165, 1.54) is 19.2 Å². The fraction of sp³-hybridized carbons (Fsp3) is 0.385. The van der Waals surface area contributed by atoms with Gasteiger partial charge in [0.25, 0.3) is 0 Å². The van der Waals surface area contributed by atoms with E-state index in [-0.39, 0.29) is 18.0 Å². The largest absolute Gasteiger partial charge is 0.465 e. The van der Waals surface area contributed by atoms with E-state index in [1.807, 2.05) is 0 Å². The Morgan fingerprint density at radius 3 is 2.70 bits per heavy atom. The van der Waals surface area contributed by atoms with Gasteiger partial charge < -0.3 is 20.1 Å². The Bertz CT molecular complexity index is 479. The first-order valence-electron chi connectivity index (χ1n) is 5.96. The first-order valence-corrected chi connectivity index (χ1v) is 6.33. The number of methoxy groups -OCH3 is 2. The maximum atomic E-state index is 11.7. The van der Waals surface area contributed by atoms with Crippen LogP contribution in [0.15, 0.2) is 18.2 Å². The Balaban J connectivity index is 2.68. The molecule has 0 saturated carbocycles. The summed E-state index contributed by atoms with van der Waals surface area (Å²) in [5.74, 6) is -0.821. The second-order valence-electron chi connectivity index (χ2n) is 3.90. The molecule has 0 fully saturated rings. The smallest absolute Gasteiger partial charge is 0.339 e. The molecular formula is C13H17ClN2O4. The van der Waals surface area contributed by atoms with Gasteiger partial charge in [-0.05, 0) is 18.2 Å². The van der Waals surface area contributed by atoms with E-state index in [1.54, 1.807) is 13.2 Å². The van der Waals surface area contributed by atoms with Crippen LogP contribution in [-0.4, -0.2) is 45.8 Å². The molecule has 1 aromatic carbocycles. The average molecular weight is 301 g/mol. The average Bonchev–Trinajstić information content (AvgIpc) is 2.43. The summed E-state index contributed by atoms with van der Waals surface area (Å²) >= 11 is 5.86. The van der Waals surface area contributed by atoms with Gasteiger partial charge in [-0.15, -0.1) is 0 Å². The normalized spacial score (nSPS) is 10.2. The van der Waals surface area contributed by atoms with Crippen LogP contribution in [0.1, 0.15) is 10.4 Å². The minimum atomic E-state index is -0.538. The highest BCUT2D eigenvalue weighted by atomic mass is 35.5. The number of rotatable bonds is 7. The maximum absolute atomic E-state index is 11.7. The number of amides is 1. The molecule has 2 N–H and O–H groups in total. The molecule has 0 spiro atoms. The third-order valence-corrected chi connectivity index (χ3v) is 2.66. The van der Waals surface area contributed by atoms with Crippen LogP contribution >= 0.6 is 11.6 Å². The number of ether oxygens (including phenoxy) is 2. The van der Waals surface area contributed by atoms with E-state index in [4.69, 9.17) is 16.3 Å². The van der Waals surface area contributed by atoms with Crippen molar-refractivity contribution in [2.24, 2.45) is 0 Å². The molecule has 0 aliphatic heterocycles. The molecule has 0 heterocycles. The predicted molar refractivity (Wildman–Crippen MR) is 76.2 cm³/mol. The molecule has 0 aromatic heterocycles. The third kappa shape index (κ3) is 5.16. The van der Waals surface area contributed by atoms with Crippen molar-refractivity contribution in [1.82, 2.24) is 5.32 Å². The second-order valence-corrected chi connectivity index (χ2v) is 4.34. The molecule has 20 heavy (non-hydrogen) atoms. The number of esters is 1. The summed E-state index contributed by atoms with van der Waals surface area (Å²) in [6.45, 7) is 1.18. The Labute approximate surface area is 122 Å². The molecule has 110 valence electrons. The molecule has 0 unspecified atom stereocenters. The summed E-state index contributed by atoms with van der Waals surface area (Å²) < 4.78 is 9.50. The Hall–Kier alpha value is -1.63. The van der Waals surface area contributed by atoms with Gasteiger partial charge in [-0.3, -0.25) is 4.79 Å². The van der Waals surface area contributed by atoms with Crippen molar-refractivity contribution in [2.45, 2.75) is 0 Å². The van der Waals surface area contributed by atoms with Crippen molar-refractivity contribution in [3.05, 3.63) is 28.8 Å².